The van der Waals surface area contributed by atoms with Crippen LogP contribution in [-0.4, -0.2) is 30.9 Å². The van der Waals surface area contributed by atoms with E-state index in [1.807, 2.05) is 0 Å². The van der Waals surface area contributed by atoms with Crippen molar-refractivity contribution in [2.24, 2.45) is 0 Å². The minimum Gasteiger partial charge on any atom is -0.468 e. The Labute approximate surface area is 109 Å². The maximum atomic E-state index is 12.9. The number of carbonyl (C=O) groups excluding carboxylic acids is 2. The Kier molecular flexibility index (Phi) is 5.58. The number of esters is 1. The molecule has 0 saturated heterocycles. The van der Waals surface area contributed by atoms with Crippen molar-refractivity contribution >= 4 is 23.5 Å². The van der Waals surface area contributed by atoms with E-state index in [1.165, 1.54) is 25.3 Å². The molecule has 0 saturated carbocycles. The largest absolute Gasteiger partial charge is 0.468 e. The molecular formula is C12H13ClFNO3. The number of ether oxygens (including phenoxy) is 1. The average molecular weight is 274 g/mol. The van der Waals surface area contributed by atoms with Crippen LogP contribution in [0.25, 0.3) is 0 Å². The standard InChI is InChI=1S/C12H13ClFNO3/c1-18-12(17)10(13)7-15-11(16)6-8-3-2-4-9(14)5-8/h2-5,10H,6-7H2,1H3,(H,15,16). The van der Waals surface area contributed by atoms with Gasteiger partial charge in [0.2, 0.25) is 5.91 Å². The molecule has 6 heteroatoms. The third-order valence-electron chi connectivity index (χ3n) is 2.19. The van der Waals surface area contributed by atoms with Gasteiger partial charge in [-0.15, -0.1) is 11.6 Å². The zero-order valence-electron chi connectivity index (χ0n) is 9.78. The molecule has 0 radical (unpaired) electrons. The first-order chi connectivity index (χ1) is 8.52. The summed E-state index contributed by atoms with van der Waals surface area (Å²) < 4.78 is 17.3. The van der Waals surface area contributed by atoms with Crippen LogP contribution in [0.5, 0.6) is 0 Å². The molecular weight excluding hydrogens is 261 g/mol. The summed E-state index contributed by atoms with van der Waals surface area (Å²) in [6.45, 7) is -0.0254. The van der Waals surface area contributed by atoms with Crippen LogP contribution in [-0.2, 0) is 20.7 Å². The highest BCUT2D eigenvalue weighted by atomic mass is 35.5. The van der Waals surface area contributed by atoms with Gasteiger partial charge in [-0.1, -0.05) is 12.1 Å². The summed E-state index contributed by atoms with van der Waals surface area (Å²) in [6, 6.07) is 5.74. The van der Waals surface area contributed by atoms with Crippen LogP contribution in [0.2, 0.25) is 0 Å². The Hall–Kier alpha value is -1.62. The van der Waals surface area contributed by atoms with Gasteiger partial charge < -0.3 is 10.1 Å². The number of halogens is 2. The van der Waals surface area contributed by atoms with Crippen LogP contribution in [0.4, 0.5) is 4.39 Å². The van der Waals surface area contributed by atoms with E-state index in [2.05, 4.69) is 10.1 Å². The molecule has 1 atom stereocenters. The van der Waals surface area contributed by atoms with Crippen LogP contribution < -0.4 is 5.32 Å². The Morgan fingerprint density at radius 1 is 1.50 bits per heavy atom. The SMILES string of the molecule is COC(=O)C(Cl)CNC(=O)Cc1cccc(F)c1. The molecule has 0 aliphatic rings. The topological polar surface area (TPSA) is 55.4 Å². The van der Waals surface area contributed by atoms with Crippen molar-refractivity contribution in [2.45, 2.75) is 11.8 Å². The number of benzene rings is 1. The van der Waals surface area contributed by atoms with Crippen molar-refractivity contribution < 1.29 is 18.7 Å². The van der Waals surface area contributed by atoms with Gasteiger partial charge in [-0.2, -0.15) is 0 Å². The number of nitrogens with one attached hydrogen (secondary N) is 1. The van der Waals surface area contributed by atoms with Crippen molar-refractivity contribution in [3.63, 3.8) is 0 Å². The first kappa shape index (κ1) is 14.4. The Balaban J connectivity index is 2.41. The molecule has 0 aliphatic heterocycles. The minimum absolute atomic E-state index is 0.0254. The molecule has 0 spiro atoms. The third kappa shape index (κ3) is 4.71. The molecule has 98 valence electrons. The van der Waals surface area contributed by atoms with Gasteiger partial charge in [0.25, 0.3) is 0 Å². The Morgan fingerprint density at radius 2 is 2.22 bits per heavy atom. The molecule has 1 rings (SSSR count). The molecule has 4 nitrogen and oxygen atoms in total. The predicted molar refractivity (Wildman–Crippen MR) is 64.8 cm³/mol. The van der Waals surface area contributed by atoms with Crippen molar-refractivity contribution in [2.75, 3.05) is 13.7 Å². The summed E-state index contributed by atoms with van der Waals surface area (Å²) in [5.41, 5.74) is 0.552. The quantitative estimate of drug-likeness (QED) is 0.649. The number of hydrogen-bond donors (Lipinski definition) is 1. The molecule has 0 heterocycles. The number of hydrogen-bond acceptors (Lipinski definition) is 3. The number of alkyl halides is 1. The number of carbonyl (C=O) groups is 2. The van der Waals surface area contributed by atoms with Gasteiger partial charge in [0, 0.05) is 6.54 Å². The maximum absolute atomic E-state index is 12.9. The Morgan fingerprint density at radius 3 is 2.83 bits per heavy atom. The van der Waals surface area contributed by atoms with Gasteiger partial charge in [0.05, 0.1) is 13.5 Å². The second-order valence-electron chi connectivity index (χ2n) is 3.60. The zero-order valence-corrected chi connectivity index (χ0v) is 10.5. The molecule has 1 unspecified atom stereocenters. The molecule has 0 aliphatic carbocycles. The van der Waals surface area contributed by atoms with E-state index in [4.69, 9.17) is 11.6 Å². The highest BCUT2D eigenvalue weighted by Gasteiger charge is 2.16. The molecule has 0 bridgehead atoms. The van der Waals surface area contributed by atoms with E-state index in [9.17, 15) is 14.0 Å². The van der Waals surface area contributed by atoms with Gasteiger partial charge in [-0.05, 0) is 17.7 Å². The summed E-state index contributed by atoms with van der Waals surface area (Å²) in [6.07, 6.45) is 0.0303. The number of rotatable bonds is 5. The highest BCUT2D eigenvalue weighted by Crippen LogP contribution is 2.04. The van der Waals surface area contributed by atoms with E-state index in [0.29, 0.717) is 5.56 Å². The van der Waals surface area contributed by atoms with Crippen LogP contribution in [0.15, 0.2) is 24.3 Å². The molecule has 0 fully saturated rings. The summed E-state index contributed by atoms with van der Waals surface area (Å²) >= 11 is 5.65. The molecule has 0 aromatic heterocycles. The van der Waals surface area contributed by atoms with E-state index in [-0.39, 0.29) is 18.9 Å². The summed E-state index contributed by atoms with van der Waals surface area (Å²) in [7, 11) is 1.21. The Bertz CT molecular complexity index is 439. The summed E-state index contributed by atoms with van der Waals surface area (Å²) in [5.74, 6) is -1.34. The third-order valence-corrected chi connectivity index (χ3v) is 2.52. The fraction of sp³-hybridized carbons (Fsp3) is 0.333. The molecule has 1 aromatic rings. The lowest BCUT2D eigenvalue weighted by Crippen LogP contribution is -2.35. The van der Waals surface area contributed by atoms with Gasteiger partial charge >= 0.3 is 5.97 Å². The van der Waals surface area contributed by atoms with Gasteiger partial charge in [-0.25, -0.2) is 4.39 Å². The number of methoxy groups -OCH3 is 1. The summed E-state index contributed by atoms with van der Waals surface area (Å²) in [4.78, 5) is 22.5. The summed E-state index contributed by atoms with van der Waals surface area (Å²) in [5, 5.41) is 1.55. The van der Waals surface area contributed by atoms with Crippen LogP contribution in [0.1, 0.15) is 5.56 Å². The normalized spacial score (nSPS) is 11.7. The van der Waals surface area contributed by atoms with Crippen molar-refractivity contribution in [1.29, 1.82) is 0 Å². The smallest absolute Gasteiger partial charge is 0.325 e. The molecule has 1 aromatic carbocycles. The second-order valence-corrected chi connectivity index (χ2v) is 4.13. The van der Waals surface area contributed by atoms with Crippen molar-refractivity contribution in [3.8, 4) is 0 Å². The van der Waals surface area contributed by atoms with Crippen LogP contribution >= 0.6 is 11.6 Å². The number of amides is 1. The van der Waals surface area contributed by atoms with E-state index < -0.39 is 17.2 Å². The van der Waals surface area contributed by atoms with Gasteiger partial charge in [0.1, 0.15) is 11.2 Å². The van der Waals surface area contributed by atoms with Gasteiger partial charge in [0.15, 0.2) is 0 Å². The zero-order chi connectivity index (χ0) is 13.5. The van der Waals surface area contributed by atoms with Crippen LogP contribution in [0, 0.1) is 5.82 Å². The fourth-order valence-corrected chi connectivity index (χ4v) is 1.48. The monoisotopic (exact) mass is 273 g/mol. The van der Waals surface area contributed by atoms with E-state index >= 15 is 0 Å². The lowest BCUT2D eigenvalue weighted by atomic mass is 10.1. The predicted octanol–water partition coefficient (Wildman–Crippen LogP) is 1.26. The molecule has 1 amide bonds. The van der Waals surface area contributed by atoms with Crippen LogP contribution in [0.3, 0.4) is 0 Å². The molecule has 18 heavy (non-hydrogen) atoms. The lowest BCUT2D eigenvalue weighted by molar-refractivity contribution is -0.140. The fourth-order valence-electron chi connectivity index (χ4n) is 1.31. The first-order valence-corrected chi connectivity index (χ1v) is 5.69. The average Bonchev–Trinajstić information content (AvgIpc) is 2.35. The lowest BCUT2D eigenvalue weighted by Gasteiger charge is -2.09. The molecule has 1 N–H and O–H groups in total. The second kappa shape index (κ2) is 6.96. The maximum Gasteiger partial charge on any atom is 0.325 e. The van der Waals surface area contributed by atoms with E-state index in [1.54, 1.807) is 6.07 Å². The minimum atomic E-state index is -0.925. The van der Waals surface area contributed by atoms with Gasteiger partial charge in [-0.3, -0.25) is 9.59 Å². The van der Waals surface area contributed by atoms with Crippen molar-refractivity contribution in [1.82, 2.24) is 5.32 Å². The highest BCUT2D eigenvalue weighted by molar-refractivity contribution is 6.30. The first-order valence-electron chi connectivity index (χ1n) is 5.26. The van der Waals surface area contributed by atoms with E-state index in [0.717, 1.165) is 0 Å². The van der Waals surface area contributed by atoms with Crippen molar-refractivity contribution in [3.05, 3.63) is 35.6 Å².